The molecule has 0 bridgehead atoms. The fourth-order valence-electron chi connectivity index (χ4n) is 1.34. The van der Waals surface area contributed by atoms with Gasteiger partial charge in [-0.3, -0.25) is 4.98 Å². The number of carbonyl (C=O) groups is 1. The van der Waals surface area contributed by atoms with Crippen LogP contribution in [0.25, 0.3) is 0 Å². The van der Waals surface area contributed by atoms with Crippen LogP contribution in [0.3, 0.4) is 0 Å². The Bertz CT molecular complexity index is 320. The Morgan fingerprint density at radius 2 is 2.25 bits per heavy atom. The quantitative estimate of drug-likeness (QED) is 0.450. The summed E-state index contributed by atoms with van der Waals surface area (Å²) in [5.74, 6) is 0. The van der Waals surface area contributed by atoms with Gasteiger partial charge in [-0.05, 0) is 18.4 Å². The van der Waals surface area contributed by atoms with Gasteiger partial charge in [0, 0.05) is 12.4 Å². The molecule has 0 amide bonds. The molecule has 0 spiro atoms. The molecule has 12 heavy (non-hydrogen) atoms. The summed E-state index contributed by atoms with van der Waals surface area (Å²) in [6.07, 6.45) is 6.18. The molecular formula is C9H8BNO. The van der Waals surface area contributed by atoms with Gasteiger partial charge in [-0.1, -0.05) is 11.5 Å². The van der Waals surface area contributed by atoms with E-state index in [2.05, 4.69) is 4.98 Å². The average molecular weight is 157 g/mol. The Balaban J connectivity index is 2.40. The van der Waals surface area contributed by atoms with E-state index >= 15 is 0 Å². The van der Waals surface area contributed by atoms with Gasteiger partial charge < -0.3 is 4.79 Å². The van der Waals surface area contributed by atoms with Crippen LogP contribution in [-0.4, -0.2) is 19.1 Å². The molecule has 2 rings (SSSR count). The molecule has 2 radical (unpaired) electrons. The van der Waals surface area contributed by atoms with Gasteiger partial charge in [0.05, 0.1) is 5.41 Å². The van der Waals surface area contributed by atoms with Crippen LogP contribution < -0.4 is 5.46 Å². The van der Waals surface area contributed by atoms with Crippen LogP contribution in [0.5, 0.6) is 0 Å². The van der Waals surface area contributed by atoms with Crippen molar-refractivity contribution in [2.24, 2.45) is 0 Å². The summed E-state index contributed by atoms with van der Waals surface area (Å²) in [5, 5.41) is 0. The lowest BCUT2D eigenvalue weighted by Crippen LogP contribution is -2.13. The van der Waals surface area contributed by atoms with Crippen molar-refractivity contribution in [2.45, 2.75) is 18.3 Å². The van der Waals surface area contributed by atoms with Crippen LogP contribution in [0.4, 0.5) is 0 Å². The standard InChI is InChI=1S/C9H8BNO/c10-8-3-7(4-11-5-8)9(6-12)1-2-9/h3-6H,1-2H2. The molecule has 0 N–H and O–H groups in total. The van der Waals surface area contributed by atoms with Crippen molar-refractivity contribution in [2.75, 3.05) is 0 Å². The molecule has 1 heterocycles. The Kier molecular flexibility index (Phi) is 1.53. The largest absolute Gasteiger partial charge is 0.302 e. The van der Waals surface area contributed by atoms with Gasteiger partial charge >= 0.3 is 0 Å². The fourth-order valence-corrected chi connectivity index (χ4v) is 1.34. The van der Waals surface area contributed by atoms with Crippen LogP contribution in [0.15, 0.2) is 18.5 Å². The van der Waals surface area contributed by atoms with Gasteiger partial charge in [-0.15, -0.1) is 0 Å². The van der Waals surface area contributed by atoms with E-state index in [1.807, 2.05) is 6.07 Å². The molecule has 1 fully saturated rings. The van der Waals surface area contributed by atoms with E-state index in [9.17, 15) is 4.79 Å². The van der Waals surface area contributed by atoms with E-state index in [4.69, 9.17) is 7.85 Å². The molecule has 3 heteroatoms. The lowest BCUT2D eigenvalue weighted by Gasteiger charge is -2.06. The molecule has 1 aliphatic carbocycles. The molecule has 0 aliphatic heterocycles. The van der Waals surface area contributed by atoms with Crippen molar-refractivity contribution >= 4 is 19.6 Å². The van der Waals surface area contributed by atoms with Crippen LogP contribution in [0.2, 0.25) is 0 Å². The fraction of sp³-hybridized carbons (Fsp3) is 0.333. The molecule has 0 unspecified atom stereocenters. The van der Waals surface area contributed by atoms with Gasteiger partial charge in [0.2, 0.25) is 0 Å². The maximum atomic E-state index is 10.7. The second kappa shape index (κ2) is 2.44. The topological polar surface area (TPSA) is 30.0 Å². The zero-order valence-corrected chi connectivity index (χ0v) is 6.66. The highest BCUT2D eigenvalue weighted by atomic mass is 16.1. The van der Waals surface area contributed by atoms with Crippen molar-refractivity contribution in [1.29, 1.82) is 0 Å². The van der Waals surface area contributed by atoms with Crippen LogP contribution in [0, 0.1) is 0 Å². The summed E-state index contributed by atoms with van der Waals surface area (Å²) in [4.78, 5) is 14.7. The first kappa shape index (κ1) is 7.53. The molecule has 1 aromatic rings. The summed E-state index contributed by atoms with van der Waals surface area (Å²) < 4.78 is 0. The van der Waals surface area contributed by atoms with Crippen molar-refractivity contribution in [3.05, 3.63) is 24.0 Å². The number of hydrogen-bond donors (Lipinski definition) is 0. The highest BCUT2D eigenvalue weighted by molar-refractivity contribution is 6.32. The van der Waals surface area contributed by atoms with E-state index in [0.29, 0.717) is 5.46 Å². The van der Waals surface area contributed by atoms with Crippen molar-refractivity contribution in [1.82, 2.24) is 4.98 Å². The minimum absolute atomic E-state index is 0.248. The molecule has 0 atom stereocenters. The number of aldehydes is 1. The van der Waals surface area contributed by atoms with Gasteiger partial charge in [0.15, 0.2) is 0 Å². The first-order valence-corrected chi connectivity index (χ1v) is 3.94. The first-order valence-electron chi connectivity index (χ1n) is 3.94. The van der Waals surface area contributed by atoms with Crippen molar-refractivity contribution in [3.63, 3.8) is 0 Å². The Morgan fingerprint density at radius 3 is 2.75 bits per heavy atom. The third kappa shape index (κ3) is 1.05. The maximum Gasteiger partial charge on any atom is 0.130 e. The number of hydrogen-bond acceptors (Lipinski definition) is 2. The number of nitrogens with zero attached hydrogens (tertiary/aromatic N) is 1. The summed E-state index contributed by atoms with van der Waals surface area (Å²) >= 11 is 0. The molecular weight excluding hydrogens is 149 g/mol. The third-order valence-electron chi connectivity index (χ3n) is 2.35. The minimum atomic E-state index is -0.248. The number of rotatable bonds is 2. The molecule has 0 aromatic carbocycles. The zero-order chi connectivity index (χ0) is 8.60. The predicted octanol–water partition coefficient (Wildman–Crippen LogP) is 0.106. The Morgan fingerprint density at radius 1 is 1.50 bits per heavy atom. The molecule has 0 saturated heterocycles. The first-order chi connectivity index (χ1) is 5.77. The second-order valence-corrected chi connectivity index (χ2v) is 3.28. The lowest BCUT2D eigenvalue weighted by molar-refractivity contribution is -0.109. The highest BCUT2D eigenvalue weighted by Gasteiger charge is 2.44. The van der Waals surface area contributed by atoms with Gasteiger partial charge in [-0.2, -0.15) is 0 Å². The molecule has 58 valence electrons. The monoisotopic (exact) mass is 157 g/mol. The van der Waals surface area contributed by atoms with Crippen LogP contribution in [0.1, 0.15) is 18.4 Å². The van der Waals surface area contributed by atoms with Crippen molar-refractivity contribution in [3.8, 4) is 0 Å². The lowest BCUT2D eigenvalue weighted by atomic mass is 9.92. The molecule has 1 aromatic heterocycles. The second-order valence-electron chi connectivity index (χ2n) is 3.28. The summed E-state index contributed by atoms with van der Waals surface area (Å²) in [7, 11) is 5.56. The van der Waals surface area contributed by atoms with Gasteiger partial charge in [0.1, 0.15) is 14.1 Å². The van der Waals surface area contributed by atoms with Crippen molar-refractivity contribution < 1.29 is 4.79 Å². The van der Waals surface area contributed by atoms with E-state index in [-0.39, 0.29) is 5.41 Å². The number of aromatic nitrogens is 1. The number of pyridine rings is 1. The average Bonchev–Trinajstić information content (AvgIpc) is 2.84. The summed E-state index contributed by atoms with van der Waals surface area (Å²) in [5.41, 5.74) is 1.33. The van der Waals surface area contributed by atoms with E-state index in [1.165, 1.54) is 0 Å². The van der Waals surface area contributed by atoms with Crippen LogP contribution in [-0.2, 0) is 10.2 Å². The maximum absolute atomic E-state index is 10.7. The molecule has 1 saturated carbocycles. The van der Waals surface area contributed by atoms with E-state index < -0.39 is 0 Å². The smallest absolute Gasteiger partial charge is 0.130 e. The zero-order valence-electron chi connectivity index (χ0n) is 6.66. The normalized spacial score (nSPS) is 18.7. The minimum Gasteiger partial charge on any atom is -0.302 e. The molecule has 2 nitrogen and oxygen atoms in total. The summed E-state index contributed by atoms with van der Waals surface area (Å²) in [6, 6.07) is 1.83. The Labute approximate surface area is 72.4 Å². The third-order valence-corrected chi connectivity index (χ3v) is 2.35. The van der Waals surface area contributed by atoms with E-state index in [0.717, 1.165) is 24.7 Å². The molecule has 1 aliphatic rings. The Hall–Kier alpha value is -1.12. The summed E-state index contributed by atoms with van der Waals surface area (Å²) in [6.45, 7) is 0. The van der Waals surface area contributed by atoms with Gasteiger partial charge in [-0.25, -0.2) is 0 Å². The predicted molar refractivity (Wildman–Crippen MR) is 46.6 cm³/mol. The van der Waals surface area contributed by atoms with Gasteiger partial charge in [0.25, 0.3) is 0 Å². The van der Waals surface area contributed by atoms with Crippen LogP contribution >= 0.6 is 0 Å². The SMILES string of the molecule is [B]c1cncc(C2(C=O)CC2)c1. The number of carbonyl (C=O) groups excluding carboxylic acids is 1. The van der Waals surface area contributed by atoms with E-state index in [1.54, 1.807) is 12.4 Å². The highest BCUT2D eigenvalue weighted by Crippen LogP contribution is 2.45.